The van der Waals surface area contributed by atoms with Crippen LogP contribution in [-0.4, -0.2) is 18.0 Å². The third-order valence-electron chi connectivity index (χ3n) is 8.94. The average Bonchev–Trinajstić information content (AvgIpc) is 3.00. The number of hydrogen-bond acceptors (Lipinski definition) is 2. The third-order valence-corrected chi connectivity index (χ3v) is 8.94. The summed E-state index contributed by atoms with van der Waals surface area (Å²) in [6.45, 7) is 4.95. The Morgan fingerprint density at radius 3 is 0.690 bits per heavy atom. The summed E-state index contributed by atoms with van der Waals surface area (Å²) in [6, 6.07) is 0. The van der Waals surface area contributed by atoms with E-state index in [0.717, 1.165) is 25.5 Å². The van der Waals surface area contributed by atoms with Crippen LogP contribution in [0, 0.1) is 0 Å². The second kappa shape index (κ2) is 45.1. The number of hydrogen-bond donors (Lipinski definition) is 1. The molecule has 0 fully saturated rings. The van der Waals surface area contributed by atoms with Crippen molar-refractivity contribution in [2.24, 2.45) is 0 Å². The molecule has 0 aromatic heterocycles. The molecule has 0 amide bonds. The molecule has 0 aliphatic rings. The minimum absolute atomic E-state index is 0.374. The molecule has 1 N–H and O–H groups in total. The van der Waals surface area contributed by atoms with Gasteiger partial charge in [0.1, 0.15) is 6.29 Å². The van der Waals surface area contributed by atoms with Gasteiger partial charge in [0.2, 0.25) is 0 Å². The first kappa shape index (κ1) is 43.8. The monoisotopic (exact) mass is 595 g/mol. The maximum absolute atomic E-state index is 10.2. The smallest absolute Gasteiger partial charge is 0.119 e. The van der Waals surface area contributed by atoms with Gasteiger partial charge < -0.3 is 9.90 Å². The highest BCUT2D eigenvalue weighted by molar-refractivity contribution is 5.48. The molecule has 0 spiro atoms. The van der Waals surface area contributed by atoms with Crippen LogP contribution in [-0.2, 0) is 4.79 Å². The fraction of sp³-hybridized carbons (Fsp3) is 0.975. The first-order valence-electron chi connectivity index (χ1n) is 19.9. The van der Waals surface area contributed by atoms with Crippen LogP contribution < -0.4 is 0 Å². The molecule has 0 radical (unpaired) electrons. The van der Waals surface area contributed by atoms with Crippen molar-refractivity contribution in [2.45, 2.75) is 245 Å². The Morgan fingerprint density at radius 2 is 0.500 bits per heavy atom. The number of carbonyl (C=O) groups excluding carboxylic acids is 1. The van der Waals surface area contributed by atoms with E-state index in [1.807, 2.05) is 0 Å². The van der Waals surface area contributed by atoms with Gasteiger partial charge in [-0.1, -0.05) is 226 Å². The van der Waals surface area contributed by atoms with Crippen LogP contribution in [0.25, 0.3) is 0 Å². The van der Waals surface area contributed by atoms with Crippen molar-refractivity contribution in [1.29, 1.82) is 0 Å². The van der Waals surface area contributed by atoms with Gasteiger partial charge >= 0.3 is 0 Å². The number of carbonyl (C=O) groups is 1. The number of unbranched alkanes of at least 4 members (excludes halogenated alkanes) is 34. The zero-order valence-electron chi connectivity index (χ0n) is 29.6. The standard InChI is InChI=1S/C20H42O.C20H40O/c2*1-2-3-4-5-6-7-8-9-10-11-12-13-14-15-16-17-18-19-20-21/h21H,2-20H2,1H3;20H,2-19H2,1H3. The van der Waals surface area contributed by atoms with E-state index in [-0.39, 0.29) is 0 Å². The normalized spacial score (nSPS) is 11.0. The Kier molecular flexibility index (Phi) is 46.9. The van der Waals surface area contributed by atoms with Crippen LogP contribution in [0.1, 0.15) is 245 Å². The van der Waals surface area contributed by atoms with Crippen molar-refractivity contribution in [3.05, 3.63) is 0 Å². The Morgan fingerprint density at radius 1 is 0.310 bits per heavy atom. The second-order valence-electron chi connectivity index (χ2n) is 13.3. The van der Waals surface area contributed by atoms with E-state index in [1.54, 1.807) is 0 Å². The van der Waals surface area contributed by atoms with E-state index in [4.69, 9.17) is 5.11 Å². The number of aliphatic hydroxyl groups is 1. The lowest BCUT2D eigenvalue weighted by Crippen LogP contribution is -1.85. The van der Waals surface area contributed by atoms with Crippen LogP contribution in [0.4, 0.5) is 0 Å². The summed E-state index contributed by atoms with van der Waals surface area (Å²) in [4.78, 5) is 10.2. The molecule has 0 aliphatic heterocycles. The van der Waals surface area contributed by atoms with E-state index in [1.165, 1.54) is 212 Å². The van der Waals surface area contributed by atoms with E-state index in [0.29, 0.717) is 6.61 Å². The molecular formula is C40H82O2. The molecule has 0 saturated heterocycles. The SMILES string of the molecule is CCCCCCCCCCCCCCCCCCCC=O.CCCCCCCCCCCCCCCCCCCCO. The Labute approximate surface area is 267 Å². The first-order valence-corrected chi connectivity index (χ1v) is 19.9. The van der Waals surface area contributed by atoms with Crippen molar-refractivity contribution in [3.63, 3.8) is 0 Å². The lowest BCUT2D eigenvalue weighted by molar-refractivity contribution is -0.107. The van der Waals surface area contributed by atoms with Gasteiger partial charge in [0.25, 0.3) is 0 Å². The van der Waals surface area contributed by atoms with Gasteiger partial charge in [-0.25, -0.2) is 0 Å². The molecule has 0 aromatic carbocycles. The van der Waals surface area contributed by atoms with Gasteiger partial charge in [0, 0.05) is 13.0 Å². The minimum Gasteiger partial charge on any atom is -0.396 e. The zero-order valence-corrected chi connectivity index (χ0v) is 29.6. The summed E-state index contributed by atoms with van der Waals surface area (Å²) in [5.41, 5.74) is 0. The van der Waals surface area contributed by atoms with Gasteiger partial charge in [-0.05, 0) is 12.8 Å². The van der Waals surface area contributed by atoms with E-state index in [2.05, 4.69) is 13.8 Å². The van der Waals surface area contributed by atoms with Gasteiger partial charge in [0.15, 0.2) is 0 Å². The fourth-order valence-electron chi connectivity index (χ4n) is 5.97. The van der Waals surface area contributed by atoms with Crippen LogP contribution in [0.15, 0.2) is 0 Å². The van der Waals surface area contributed by atoms with E-state index >= 15 is 0 Å². The van der Waals surface area contributed by atoms with Crippen molar-refractivity contribution in [1.82, 2.24) is 0 Å². The van der Waals surface area contributed by atoms with Crippen LogP contribution in [0.2, 0.25) is 0 Å². The molecule has 0 atom stereocenters. The van der Waals surface area contributed by atoms with Gasteiger partial charge in [-0.2, -0.15) is 0 Å². The molecule has 0 heterocycles. The molecule has 2 heteroatoms. The molecule has 2 nitrogen and oxygen atoms in total. The number of aldehydes is 1. The zero-order chi connectivity index (χ0) is 30.9. The molecule has 0 bridgehead atoms. The summed E-state index contributed by atoms with van der Waals surface area (Å²) in [7, 11) is 0. The summed E-state index contributed by atoms with van der Waals surface area (Å²) in [5, 5.41) is 8.69. The maximum atomic E-state index is 10.2. The highest BCUT2D eigenvalue weighted by Crippen LogP contribution is 2.15. The van der Waals surface area contributed by atoms with Crippen molar-refractivity contribution < 1.29 is 9.90 Å². The average molecular weight is 595 g/mol. The van der Waals surface area contributed by atoms with Crippen molar-refractivity contribution >= 4 is 6.29 Å². The van der Waals surface area contributed by atoms with Crippen LogP contribution in [0.3, 0.4) is 0 Å². The molecule has 0 rings (SSSR count). The quantitative estimate of drug-likeness (QED) is 0.0578. The van der Waals surface area contributed by atoms with E-state index in [9.17, 15) is 4.79 Å². The highest BCUT2D eigenvalue weighted by Gasteiger charge is 1.96. The molecule has 0 aromatic rings. The fourth-order valence-corrected chi connectivity index (χ4v) is 5.97. The number of aliphatic hydroxyl groups excluding tert-OH is 1. The maximum Gasteiger partial charge on any atom is 0.119 e. The van der Waals surface area contributed by atoms with Crippen LogP contribution >= 0.6 is 0 Å². The van der Waals surface area contributed by atoms with Crippen LogP contribution in [0.5, 0.6) is 0 Å². The topological polar surface area (TPSA) is 37.3 Å². The third kappa shape index (κ3) is 46.6. The Bertz CT molecular complexity index is 417. The summed E-state index contributed by atoms with van der Waals surface area (Å²) in [6.07, 6.45) is 50.7. The molecule has 254 valence electrons. The minimum atomic E-state index is 0.374. The highest BCUT2D eigenvalue weighted by atomic mass is 16.2. The second-order valence-corrected chi connectivity index (χ2v) is 13.3. The first-order chi connectivity index (χ1) is 20.8. The lowest BCUT2D eigenvalue weighted by atomic mass is 10.0. The van der Waals surface area contributed by atoms with Crippen molar-refractivity contribution in [2.75, 3.05) is 6.61 Å². The largest absolute Gasteiger partial charge is 0.396 e. The number of rotatable bonds is 36. The molecule has 42 heavy (non-hydrogen) atoms. The predicted molar refractivity (Wildman–Crippen MR) is 191 cm³/mol. The Hall–Kier alpha value is -0.370. The Balaban J connectivity index is 0. The molecule has 0 saturated carbocycles. The van der Waals surface area contributed by atoms with Crippen molar-refractivity contribution in [3.8, 4) is 0 Å². The predicted octanol–water partition coefficient (Wildman–Crippen LogP) is 14.2. The molecule has 0 aliphatic carbocycles. The van der Waals surface area contributed by atoms with Gasteiger partial charge in [-0.15, -0.1) is 0 Å². The van der Waals surface area contributed by atoms with Gasteiger partial charge in [-0.3, -0.25) is 0 Å². The summed E-state index contributed by atoms with van der Waals surface area (Å²) >= 11 is 0. The molecular weight excluding hydrogens is 512 g/mol. The van der Waals surface area contributed by atoms with Gasteiger partial charge in [0.05, 0.1) is 0 Å². The van der Waals surface area contributed by atoms with E-state index < -0.39 is 0 Å². The summed E-state index contributed by atoms with van der Waals surface area (Å²) < 4.78 is 0. The molecule has 0 unspecified atom stereocenters. The lowest BCUT2D eigenvalue weighted by Gasteiger charge is -2.03. The summed E-state index contributed by atoms with van der Waals surface area (Å²) in [5.74, 6) is 0.